The SMILES string of the molecule is FC(F)(F)c1nnc(N2CCC(OC[C@H]3CCOC3)CC2)s1. The molecule has 5 nitrogen and oxygen atoms in total. The Kier molecular flexibility index (Phi) is 4.84. The number of halogens is 3. The van der Waals surface area contributed by atoms with Gasteiger partial charge in [0.2, 0.25) is 10.1 Å². The van der Waals surface area contributed by atoms with Crippen LogP contribution in [0.3, 0.4) is 0 Å². The van der Waals surface area contributed by atoms with Gasteiger partial charge < -0.3 is 14.4 Å². The van der Waals surface area contributed by atoms with Gasteiger partial charge in [-0.05, 0) is 19.3 Å². The van der Waals surface area contributed by atoms with Crippen LogP contribution in [0.4, 0.5) is 18.3 Å². The molecular weight excluding hydrogens is 319 g/mol. The largest absolute Gasteiger partial charge is 0.445 e. The summed E-state index contributed by atoms with van der Waals surface area (Å²) in [5, 5.41) is 6.34. The number of rotatable bonds is 4. The summed E-state index contributed by atoms with van der Waals surface area (Å²) in [4.78, 5) is 1.85. The maximum atomic E-state index is 12.5. The first-order valence-corrected chi connectivity index (χ1v) is 8.19. The third-order valence-electron chi connectivity index (χ3n) is 3.96. The molecule has 124 valence electrons. The van der Waals surface area contributed by atoms with E-state index in [1.165, 1.54) is 0 Å². The topological polar surface area (TPSA) is 47.5 Å². The van der Waals surface area contributed by atoms with E-state index < -0.39 is 11.2 Å². The van der Waals surface area contributed by atoms with Crippen LogP contribution in [0.25, 0.3) is 0 Å². The molecule has 0 unspecified atom stereocenters. The Morgan fingerprint density at radius 1 is 1.23 bits per heavy atom. The van der Waals surface area contributed by atoms with Gasteiger partial charge in [0.1, 0.15) is 0 Å². The zero-order chi connectivity index (χ0) is 15.6. The van der Waals surface area contributed by atoms with Crippen LogP contribution in [-0.4, -0.2) is 49.2 Å². The van der Waals surface area contributed by atoms with Gasteiger partial charge in [0.25, 0.3) is 0 Å². The number of aromatic nitrogens is 2. The van der Waals surface area contributed by atoms with Gasteiger partial charge >= 0.3 is 6.18 Å². The summed E-state index contributed by atoms with van der Waals surface area (Å²) < 4.78 is 48.8. The molecule has 0 saturated carbocycles. The molecule has 2 aliphatic heterocycles. The number of hydrogen-bond acceptors (Lipinski definition) is 6. The minimum Gasteiger partial charge on any atom is -0.381 e. The van der Waals surface area contributed by atoms with Crippen molar-refractivity contribution in [1.82, 2.24) is 10.2 Å². The van der Waals surface area contributed by atoms with Crippen molar-refractivity contribution in [3.63, 3.8) is 0 Å². The molecule has 2 saturated heterocycles. The van der Waals surface area contributed by atoms with Crippen LogP contribution >= 0.6 is 11.3 Å². The fourth-order valence-electron chi connectivity index (χ4n) is 2.66. The normalized spacial score (nSPS) is 24.1. The number of hydrogen-bond donors (Lipinski definition) is 0. The lowest BCUT2D eigenvalue weighted by Gasteiger charge is -2.31. The molecule has 0 spiro atoms. The van der Waals surface area contributed by atoms with Crippen LogP contribution in [0, 0.1) is 5.92 Å². The Hall–Kier alpha value is -0.930. The number of nitrogens with zero attached hydrogens (tertiary/aromatic N) is 3. The third kappa shape index (κ3) is 3.88. The van der Waals surface area contributed by atoms with Crippen LogP contribution in [0.15, 0.2) is 0 Å². The number of anilines is 1. The Balaban J connectivity index is 1.46. The summed E-state index contributed by atoms with van der Waals surface area (Å²) >= 11 is 0.603. The zero-order valence-corrected chi connectivity index (χ0v) is 12.8. The van der Waals surface area contributed by atoms with E-state index in [2.05, 4.69) is 10.2 Å². The zero-order valence-electron chi connectivity index (χ0n) is 12.0. The first-order chi connectivity index (χ1) is 10.5. The highest BCUT2D eigenvalue weighted by molar-refractivity contribution is 7.15. The van der Waals surface area contributed by atoms with Gasteiger partial charge in [-0.1, -0.05) is 11.3 Å². The van der Waals surface area contributed by atoms with Gasteiger partial charge in [-0.15, -0.1) is 10.2 Å². The lowest BCUT2D eigenvalue weighted by atomic mass is 10.1. The van der Waals surface area contributed by atoms with Crippen LogP contribution in [0.1, 0.15) is 24.3 Å². The fourth-order valence-corrected chi connectivity index (χ4v) is 3.42. The molecule has 2 fully saturated rings. The Morgan fingerprint density at radius 3 is 2.59 bits per heavy atom. The predicted octanol–water partition coefficient (Wildman–Crippen LogP) is 2.58. The predicted molar refractivity (Wildman–Crippen MR) is 75.0 cm³/mol. The fraction of sp³-hybridized carbons (Fsp3) is 0.846. The second-order valence-electron chi connectivity index (χ2n) is 5.64. The summed E-state index contributed by atoms with van der Waals surface area (Å²) in [5.41, 5.74) is 0. The molecule has 1 atom stereocenters. The molecule has 0 amide bonds. The van der Waals surface area contributed by atoms with Crippen molar-refractivity contribution < 1.29 is 22.6 Å². The molecule has 22 heavy (non-hydrogen) atoms. The minimum absolute atomic E-state index is 0.173. The first kappa shape index (κ1) is 15.9. The second kappa shape index (κ2) is 6.67. The van der Waals surface area contributed by atoms with Crippen molar-refractivity contribution in [3.05, 3.63) is 5.01 Å². The van der Waals surface area contributed by atoms with Crippen molar-refractivity contribution >= 4 is 16.5 Å². The van der Waals surface area contributed by atoms with Crippen LogP contribution in [-0.2, 0) is 15.7 Å². The lowest BCUT2D eigenvalue weighted by Crippen LogP contribution is -2.37. The van der Waals surface area contributed by atoms with E-state index in [0.717, 1.165) is 32.5 Å². The first-order valence-electron chi connectivity index (χ1n) is 7.37. The molecule has 0 aliphatic carbocycles. The van der Waals surface area contributed by atoms with Gasteiger partial charge in [0.15, 0.2) is 0 Å². The molecule has 0 aromatic carbocycles. The number of ether oxygens (including phenoxy) is 2. The van der Waals surface area contributed by atoms with Crippen LogP contribution in [0.5, 0.6) is 0 Å². The van der Waals surface area contributed by atoms with Gasteiger partial charge in [-0.2, -0.15) is 13.2 Å². The van der Waals surface area contributed by atoms with Crippen molar-refractivity contribution in [2.45, 2.75) is 31.5 Å². The Labute approximate surface area is 130 Å². The van der Waals surface area contributed by atoms with Gasteiger partial charge in [0, 0.05) is 25.6 Å². The quantitative estimate of drug-likeness (QED) is 0.845. The second-order valence-corrected chi connectivity index (χ2v) is 6.59. The van der Waals surface area contributed by atoms with Crippen LogP contribution in [0.2, 0.25) is 0 Å². The van der Waals surface area contributed by atoms with Gasteiger partial charge in [-0.3, -0.25) is 0 Å². The lowest BCUT2D eigenvalue weighted by molar-refractivity contribution is -0.138. The van der Waals surface area contributed by atoms with E-state index in [0.29, 0.717) is 42.1 Å². The molecule has 0 N–H and O–H groups in total. The monoisotopic (exact) mass is 337 g/mol. The average molecular weight is 337 g/mol. The van der Waals surface area contributed by atoms with E-state index in [4.69, 9.17) is 9.47 Å². The average Bonchev–Trinajstić information content (AvgIpc) is 3.16. The maximum absolute atomic E-state index is 12.5. The van der Waals surface area contributed by atoms with E-state index in [9.17, 15) is 13.2 Å². The van der Waals surface area contributed by atoms with Gasteiger partial charge in [0.05, 0.1) is 19.3 Å². The molecule has 2 aliphatic rings. The van der Waals surface area contributed by atoms with E-state index >= 15 is 0 Å². The molecule has 1 aromatic heterocycles. The summed E-state index contributed by atoms with van der Waals surface area (Å²) in [6.45, 7) is 3.59. The smallest absolute Gasteiger partial charge is 0.381 e. The summed E-state index contributed by atoms with van der Waals surface area (Å²) in [6, 6.07) is 0. The van der Waals surface area contributed by atoms with E-state index in [1.54, 1.807) is 0 Å². The maximum Gasteiger partial charge on any atom is 0.445 e. The summed E-state index contributed by atoms with van der Waals surface area (Å²) in [6.07, 6.45) is -1.60. The molecular formula is C13H18F3N3O2S. The van der Waals surface area contributed by atoms with Crippen molar-refractivity contribution in [2.24, 2.45) is 5.92 Å². The molecule has 0 radical (unpaired) electrons. The highest BCUT2D eigenvalue weighted by atomic mass is 32.1. The standard InChI is InChI=1S/C13H18F3N3O2S/c14-13(15,16)11-17-18-12(22-11)19-4-1-10(2-5-19)21-8-9-3-6-20-7-9/h9-10H,1-8H2/t9-/m0/s1. The van der Waals surface area contributed by atoms with E-state index in [1.807, 2.05) is 4.90 Å². The van der Waals surface area contributed by atoms with Crippen molar-refractivity contribution in [2.75, 3.05) is 37.8 Å². The number of piperidine rings is 1. The molecule has 9 heteroatoms. The molecule has 0 bridgehead atoms. The van der Waals surface area contributed by atoms with E-state index in [-0.39, 0.29) is 6.10 Å². The highest BCUT2D eigenvalue weighted by Gasteiger charge is 2.36. The Morgan fingerprint density at radius 2 is 2.00 bits per heavy atom. The summed E-state index contributed by atoms with van der Waals surface area (Å²) in [5.74, 6) is 0.482. The molecule has 3 heterocycles. The molecule has 3 rings (SSSR count). The van der Waals surface area contributed by atoms with Crippen molar-refractivity contribution in [3.8, 4) is 0 Å². The Bertz CT molecular complexity index is 483. The van der Waals surface area contributed by atoms with Gasteiger partial charge in [-0.25, -0.2) is 0 Å². The number of alkyl halides is 3. The minimum atomic E-state index is -4.42. The third-order valence-corrected chi connectivity index (χ3v) is 4.99. The van der Waals surface area contributed by atoms with Crippen LogP contribution < -0.4 is 4.90 Å². The van der Waals surface area contributed by atoms with Crippen molar-refractivity contribution in [1.29, 1.82) is 0 Å². The molecule has 1 aromatic rings. The summed E-state index contributed by atoms with van der Waals surface area (Å²) in [7, 11) is 0. The highest BCUT2D eigenvalue weighted by Crippen LogP contribution is 2.35.